The molecule has 2 N–H and O–H groups in total. The molecule has 1 unspecified atom stereocenters. The fourth-order valence-corrected chi connectivity index (χ4v) is 1.87. The second kappa shape index (κ2) is 6.71. The Hall–Kier alpha value is -1.35. The first-order valence-electron chi connectivity index (χ1n) is 6.89. The quantitative estimate of drug-likeness (QED) is 0.855. The number of amides is 1. The molecule has 0 spiro atoms. The lowest BCUT2D eigenvalue weighted by molar-refractivity contribution is -0.124. The first kappa shape index (κ1) is 15.7. The van der Waals surface area contributed by atoms with Crippen molar-refractivity contribution in [2.24, 2.45) is 0 Å². The monoisotopic (exact) mass is 262 g/mol. The lowest BCUT2D eigenvalue weighted by Gasteiger charge is -2.23. The van der Waals surface area contributed by atoms with Crippen molar-refractivity contribution in [2.75, 3.05) is 6.54 Å². The normalized spacial score (nSPS) is 13.1. The predicted molar refractivity (Wildman–Crippen MR) is 80.2 cm³/mol. The van der Waals surface area contributed by atoms with Gasteiger partial charge in [-0.05, 0) is 53.1 Å². The van der Waals surface area contributed by atoms with Crippen LogP contribution in [0.5, 0.6) is 0 Å². The van der Waals surface area contributed by atoms with Crippen LogP contribution in [0.25, 0.3) is 0 Å². The number of carbonyl (C=O) groups is 1. The molecule has 106 valence electrons. The van der Waals surface area contributed by atoms with Gasteiger partial charge in [-0.2, -0.15) is 0 Å². The minimum Gasteiger partial charge on any atom is -0.350 e. The summed E-state index contributed by atoms with van der Waals surface area (Å²) in [5.74, 6) is 0.0525. The van der Waals surface area contributed by atoms with Gasteiger partial charge in [0.15, 0.2) is 0 Å². The molecule has 3 nitrogen and oxygen atoms in total. The number of aryl methyl sites for hydroxylation is 1. The van der Waals surface area contributed by atoms with Crippen LogP contribution in [0.4, 0.5) is 0 Å². The molecule has 0 aromatic heterocycles. The lowest BCUT2D eigenvalue weighted by Crippen LogP contribution is -2.49. The summed E-state index contributed by atoms with van der Waals surface area (Å²) in [6.45, 7) is 10.8. The van der Waals surface area contributed by atoms with Crippen LogP contribution in [0, 0.1) is 6.92 Å². The van der Waals surface area contributed by atoms with E-state index in [2.05, 4.69) is 41.8 Å². The molecule has 3 heteroatoms. The molecule has 1 aromatic carbocycles. The summed E-state index contributed by atoms with van der Waals surface area (Å²) in [5, 5.41) is 6.24. The molecular formula is C16H26N2O. The molecule has 0 bridgehead atoms. The summed E-state index contributed by atoms with van der Waals surface area (Å²) in [6.07, 6.45) is 0.939. The molecule has 1 aromatic rings. The Labute approximate surface area is 116 Å². The zero-order chi connectivity index (χ0) is 14.5. The Morgan fingerprint density at radius 2 is 2.00 bits per heavy atom. The van der Waals surface area contributed by atoms with Crippen LogP contribution in [0.1, 0.15) is 38.8 Å². The van der Waals surface area contributed by atoms with E-state index in [-0.39, 0.29) is 17.5 Å². The molecule has 1 rings (SSSR count). The van der Waals surface area contributed by atoms with E-state index < -0.39 is 0 Å². The van der Waals surface area contributed by atoms with Gasteiger partial charge in [0.2, 0.25) is 5.91 Å². The van der Waals surface area contributed by atoms with Gasteiger partial charge in [-0.25, -0.2) is 0 Å². The zero-order valence-electron chi connectivity index (χ0n) is 12.7. The first-order valence-corrected chi connectivity index (χ1v) is 6.89. The molecule has 0 aliphatic heterocycles. The van der Waals surface area contributed by atoms with Crippen molar-refractivity contribution in [3.8, 4) is 0 Å². The number of rotatable bonds is 5. The molecular weight excluding hydrogens is 236 g/mol. The molecule has 0 aliphatic carbocycles. The van der Waals surface area contributed by atoms with Gasteiger partial charge >= 0.3 is 0 Å². The van der Waals surface area contributed by atoms with Crippen LogP contribution < -0.4 is 10.6 Å². The highest BCUT2D eigenvalue weighted by Crippen LogP contribution is 2.04. The van der Waals surface area contributed by atoms with Gasteiger partial charge in [-0.3, -0.25) is 4.79 Å². The number of hydrogen-bond acceptors (Lipinski definition) is 2. The molecule has 0 radical (unpaired) electrons. The summed E-state index contributed by atoms with van der Waals surface area (Å²) in [7, 11) is 0. The van der Waals surface area contributed by atoms with Crippen LogP contribution in [0.2, 0.25) is 0 Å². The lowest BCUT2D eigenvalue weighted by atomic mass is 10.1. The first-order chi connectivity index (χ1) is 8.78. The van der Waals surface area contributed by atoms with Gasteiger partial charge in [0.25, 0.3) is 0 Å². The minimum absolute atomic E-state index is 0.0525. The highest BCUT2D eigenvalue weighted by molar-refractivity contribution is 5.81. The van der Waals surface area contributed by atoms with Gasteiger partial charge in [0, 0.05) is 5.54 Å². The van der Waals surface area contributed by atoms with Gasteiger partial charge in [-0.15, -0.1) is 0 Å². The zero-order valence-corrected chi connectivity index (χ0v) is 12.7. The largest absolute Gasteiger partial charge is 0.350 e. The maximum atomic E-state index is 11.9. The van der Waals surface area contributed by atoms with Crippen molar-refractivity contribution in [1.29, 1.82) is 0 Å². The summed E-state index contributed by atoms with van der Waals surface area (Å²) in [4.78, 5) is 11.9. The smallest absolute Gasteiger partial charge is 0.237 e. The summed E-state index contributed by atoms with van der Waals surface area (Å²) in [6, 6.07) is 8.30. The second-order valence-electron chi connectivity index (χ2n) is 6.15. The van der Waals surface area contributed by atoms with Crippen molar-refractivity contribution < 1.29 is 4.79 Å². The Morgan fingerprint density at radius 3 is 2.58 bits per heavy atom. The van der Waals surface area contributed by atoms with Gasteiger partial charge < -0.3 is 10.6 Å². The van der Waals surface area contributed by atoms with Gasteiger partial charge in [0.05, 0.1) is 6.04 Å². The van der Waals surface area contributed by atoms with E-state index in [9.17, 15) is 4.79 Å². The van der Waals surface area contributed by atoms with Crippen molar-refractivity contribution in [3.63, 3.8) is 0 Å². The van der Waals surface area contributed by atoms with Crippen molar-refractivity contribution in [3.05, 3.63) is 35.4 Å². The van der Waals surface area contributed by atoms with Crippen molar-refractivity contribution in [1.82, 2.24) is 10.6 Å². The number of hydrogen-bond donors (Lipinski definition) is 2. The second-order valence-corrected chi connectivity index (χ2v) is 6.15. The van der Waals surface area contributed by atoms with Crippen LogP contribution in [0.15, 0.2) is 24.3 Å². The van der Waals surface area contributed by atoms with E-state index in [1.54, 1.807) is 0 Å². The molecule has 0 saturated carbocycles. The Morgan fingerprint density at radius 1 is 1.32 bits per heavy atom. The number of nitrogens with one attached hydrogen (secondary N) is 2. The van der Waals surface area contributed by atoms with E-state index in [1.165, 1.54) is 11.1 Å². The average molecular weight is 262 g/mol. The van der Waals surface area contributed by atoms with E-state index >= 15 is 0 Å². The third-order valence-electron chi connectivity index (χ3n) is 2.84. The fraction of sp³-hybridized carbons (Fsp3) is 0.562. The Balaban J connectivity index is 2.34. The molecule has 1 amide bonds. The summed E-state index contributed by atoms with van der Waals surface area (Å²) < 4.78 is 0. The molecule has 1 atom stereocenters. The maximum Gasteiger partial charge on any atom is 0.237 e. The predicted octanol–water partition coefficient (Wildman–Crippen LogP) is 2.43. The summed E-state index contributed by atoms with van der Waals surface area (Å²) >= 11 is 0. The van der Waals surface area contributed by atoms with Crippen LogP contribution in [-0.2, 0) is 11.2 Å². The fourth-order valence-electron chi connectivity index (χ4n) is 1.87. The highest BCUT2D eigenvalue weighted by atomic mass is 16.2. The third kappa shape index (κ3) is 6.39. The average Bonchev–Trinajstić information content (AvgIpc) is 2.26. The molecule has 0 aliphatic rings. The molecule has 19 heavy (non-hydrogen) atoms. The van der Waals surface area contributed by atoms with Crippen molar-refractivity contribution in [2.45, 2.75) is 52.6 Å². The van der Waals surface area contributed by atoms with E-state index in [0.29, 0.717) is 0 Å². The summed E-state index contributed by atoms with van der Waals surface area (Å²) in [5.41, 5.74) is 2.40. The molecule has 0 saturated heterocycles. The maximum absolute atomic E-state index is 11.9. The number of carbonyl (C=O) groups excluding carboxylic acids is 1. The highest BCUT2D eigenvalue weighted by Gasteiger charge is 2.18. The van der Waals surface area contributed by atoms with E-state index in [0.717, 1.165) is 13.0 Å². The van der Waals surface area contributed by atoms with E-state index in [1.807, 2.05) is 27.7 Å². The SMILES string of the molecule is Cc1cccc(CCNC(C)C(=O)NC(C)(C)C)c1. The molecule has 0 fully saturated rings. The topological polar surface area (TPSA) is 41.1 Å². The van der Waals surface area contributed by atoms with Gasteiger partial charge in [0.1, 0.15) is 0 Å². The Kier molecular flexibility index (Phi) is 5.55. The van der Waals surface area contributed by atoms with Crippen LogP contribution >= 0.6 is 0 Å². The third-order valence-corrected chi connectivity index (χ3v) is 2.84. The van der Waals surface area contributed by atoms with E-state index in [4.69, 9.17) is 0 Å². The number of benzene rings is 1. The van der Waals surface area contributed by atoms with Crippen LogP contribution in [0.3, 0.4) is 0 Å². The van der Waals surface area contributed by atoms with Gasteiger partial charge in [-0.1, -0.05) is 29.8 Å². The minimum atomic E-state index is -0.177. The van der Waals surface area contributed by atoms with Crippen LogP contribution in [-0.4, -0.2) is 24.0 Å². The standard InChI is InChI=1S/C16H26N2O/c1-12-7-6-8-14(11-12)9-10-17-13(2)15(19)18-16(3,4)5/h6-8,11,13,17H,9-10H2,1-5H3,(H,18,19). The molecule has 0 heterocycles. The van der Waals surface area contributed by atoms with Crippen molar-refractivity contribution >= 4 is 5.91 Å². The Bertz CT molecular complexity index is 421.